The third-order valence-electron chi connectivity index (χ3n) is 4.88. The SMILES string of the molecule is Cc1ncc(CN2CCC[C@@H](c3cc(=O)[nH]c(-c4ccncc4)n3)C2)cn1. The first-order chi connectivity index (χ1) is 13.2. The second kappa shape index (κ2) is 7.75. The normalized spacial score (nSPS) is 17.7. The minimum atomic E-state index is -0.115. The van der Waals surface area contributed by atoms with E-state index in [9.17, 15) is 4.79 Å². The van der Waals surface area contributed by atoms with E-state index >= 15 is 0 Å². The fourth-order valence-electron chi connectivity index (χ4n) is 3.53. The summed E-state index contributed by atoms with van der Waals surface area (Å²) < 4.78 is 0. The van der Waals surface area contributed by atoms with Gasteiger partial charge in [-0.25, -0.2) is 15.0 Å². The number of H-pyrrole nitrogens is 1. The molecule has 0 radical (unpaired) electrons. The molecule has 4 heterocycles. The highest BCUT2D eigenvalue weighted by Crippen LogP contribution is 2.27. The molecule has 0 aromatic carbocycles. The molecule has 4 rings (SSSR count). The van der Waals surface area contributed by atoms with Crippen molar-refractivity contribution in [1.82, 2.24) is 29.8 Å². The maximum absolute atomic E-state index is 12.2. The fourth-order valence-corrected chi connectivity index (χ4v) is 3.53. The number of pyridine rings is 1. The summed E-state index contributed by atoms with van der Waals surface area (Å²) in [5.41, 5.74) is 2.72. The first-order valence-corrected chi connectivity index (χ1v) is 9.19. The van der Waals surface area contributed by atoms with Crippen molar-refractivity contribution in [2.24, 2.45) is 0 Å². The van der Waals surface area contributed by atoms with E-state index in [1.165, 1.54) is 0 Å². The number of aromatic amines is 1. The zero-order valence-electron chi connectivity index (χ0n) is 15.3. The molecule has 3 aromatic heterocycles. The van der Waals surface area contributed by atoms with Crippen LogP contribution in [0.3, 0.4) is 0 Å². The quantitative estimate of drug-likeness (QED) is 0.766. The third kappa shape index (κ3) is 4.25. The van der Waals surface area contributed by atoms with Crippen molar-refractivity contribution in [3.63, 3.8) is 0 Å². The predicted molar refractivity (Wildman–Crippen MR) is 102 cm³/mol. The molecule has 0 aliphatic carbocycles. The minimum absolute atomic E-state index is 0.115. The molecule has 27 heavy (non-hydrogen) atoms. The molecule has 1 fully saturated rings. The Morgan fingerprint density at radius 1 is 1.22 bits per heavy atom. The summed E-state index contributed by atoms with van der Waals surface area (Å²) >= 11 is 0. The van der Waals surface area contributed by atoms with Gasteiger partial charge in [0.25, 0.3) is 5.56 Å². The van der Waals surface area contributed by atoms with Crippen molar-refractivity contribution < 1.29 is 0 Å². The number of hydrogen-bond acceptors (Lipinski definition) is 6. The Morgan fingerprint density at radius 3 is 2.78 bits per heavy atom. The Morgan fingerprint density at radius 2 is 2.00 bits per heavy atom. The number of hydrogen-bond donors (Lipinski definition) is 1. The average Bonchev–Trinajstić information content (AvgIpc) is 2.70. The molecule has 0 unspecified atom stereocenters. The third-order valence-corrected chi connectivity index (χ3v) is 4.88. The largest absolute Gasteiger partial charge is 0.307 e. The van der Waals surface area contributed by atoms with Crippen molar-refractivity contribution in [3.05, 3.63) is 70.4 Å². The van der Waals surface area contributed by atoms with Gasteiger partial charge in [0.05, 0.1) is 5.69 Å². The fraction of sp³-hybridized carbons (Fsp3) is 0.350. The highest BCUT2D eigenvalue weighted by Gasteiger charge is 2.23. The van der Waals surface area contributed by atoms with E-state index in [2.05, 4.69) is 24.8 Å². The number of piperidine rings is 1. The van der Waals surface area contributed by atoms with Gasteiger partial charge in [-0.15, -0.1) is 0 Å². The molecule has 0 amide bonds. The smallest absolute Gasteiger partial charge is 0.251 e. The van der Waals surface area contributed by atoms with Crippen LogP contribution in [0.4, 0.5) is 0 Å². The highest BCUT2D eigenvalue weighted by atomic mass is 16.1. The van der Waals surface area contributed by atoms with Gasteiger partial charge in [0.2, 0.25) is 0 Å². The van der Waals surface area contributed by atoms with E-state index in [0.717, 1.165) is 55.1 Å². The summed E-state index contributed by atoms with van der Waals surface area (Å²) in [6.07, 6.45) is 9.30. The van der Waals surface area contributed by atoms with Gasteiger partial charge in [0.1, 0.15) is 11.6 Å². The van der Waals surface area contributed by atoms with E-state index in [0.29, 0.717) is 5.82 Å². The molecule has 1 aliphatic rings. The van der Waals surface area contributed by atoms with Gasteiger partial charge in [0, 0.05) is 61.0 Å². The van der Waals surface area contributed by atoms with E-state index in [-0.39, 0.29) is 11.5 Å². The first kappa shape index (κ1) is 17.5. The molecule has 0 spiro atoms. The van der Waals surface area contributed by atoms with Crippen LogP contribution in [0.1, 0.15) is 35.8 Å². The number of aryl methyl sites for hydroxylation is 1. The maximum Gasteiger partial charge on any atom is 0.251 e. The number of rotatable bonds is 4. The van der Waals surface area contributed by atoms with Gasteiger partial charge in [-0.1, -0.05) is 0 Å². The van der Waals surface area contributed by atoms with Gasteiger partial charge in [-0.3, -0.25) is 14.7 Å². The standard InChI is InChI=1S/C20H22N6O/c1-14-22-10-15(11-23-14)12-26-8-2-3-17(13-26)18-9-19(27)25-20(24-18)16-4-6-21-7-5-16/h4-7,9-11,17H,2-3,8,12-13H2,1H3,(H,24,25,27)/t17-/m1/s1. The lowest BCUT2D eigenvalue weighted by molar-refractivity contribution is 0.198. The molecule has 138 valence electrons. The summed E-state index contributed by atoms with van der Waals surface area (Å²) in [7, 11) is 0. The highest BCUT2D eigenvalue weighted by molar-refractivity contribution is 5.53. The molecule has 0 bridgehead atoms. The summed E-state index contributed by atoms with van der Waals surface area (Å²) in [4.78, 5) is 34.7. The van der Waals surface area contributed by atoms with Crippen molar-refractivity contribution in [2.75, 3.05) is 13.1 Å². The van der Waals surface area contributed by atoms with E-state index in [1.54, 1.807) is 18.5 Å². The lowest BCUT2D eigenvalue weighted by Crippen LogP contribution is -2.34. The Balaban J connectivity index is 1.53. The van der Waals surface area contributed by atoms with Crippen LogP contribution < -0.4 is 5.56 Å². The summed E-state index contributed by atoms with van der Waals surface area (Å²) in [6, 6.07) is 5.34. The average molecular weight is 362 g/mol. The van der Waals surface area contributed by atoms with Crippen LogP contribution in [0.5, 0.6) is 0 Å². The Kier molecular flexibility index (Phi) is 5.02. The molecule has 1 aliphatic heterocycles. The van der Waals surface area contributed by atoms with Gasteiger partial charge >= 0.3 is 0 Å². The minimum Gasteiger partial charge on any atom is -0.307 e. The molecule has 7 nitrogen and oxygen atoms in total. The molecule has 3 aromatic rings. The zero-order valence-corrected chi connectivity index (χ0v) is 15.3. The topological polar surface area (TPSA) is 87.7 Å². The predicted octanol–water partition coefficient (Wildman–Crippen LogP) is 2.31. The van der Waals surface area contributed by atoms with Crippen LogP contribution in [0.15, 0.2) is 47.8 Å². The Labute approximate surface area is 157 Å². The molecule has 1 atom stereocenters. The number of nitrogens with one attached hydrogen (secondary N) is 1. The summed E-state index contributed by atoms with van der Waals surface area (Å²) in [5.74, 6) is 1.63. The second-order valence-electron chi connectivity index (χ2n) is 6.97. The molecule has 7 heteroatoms. The van der Waals surface area contributed by atoms with E-state index < -0.39 is 0 Å². The van der Waals surface area contributed by atoms with E-state index in [1.807, 2.05) is 31.5 Å². The lowest BCUT2D eigenvalue weighted by Gasteiger charge is -2.32. The monoisotopic (exact) mass is 362 g/mol. The molecule has 1 N–H and O–H groups in total. The van der Waals surface area contributed by atoms with Crippen LogP contribution in [0.25, 0.3) is 11.4 Å². The number of aromatic nitrogens is 5. The van der Waals surface area contributed by atoms with Crippen LogP contribution in [0, 0.1) is 6.92 Å². The van der Waals surface area contributed by atoms with Gasteiger partial charge in [-0.05, 0) is 38.4 Å². The van der Waals surface area contributed by atoms with Crippen molar-refractivity contribution in [3.8, 4) is 11.4 Å². The van der Waals surface area contributed by atoms with Crippen molar-refractivity contribution >= 4 is 0 Å². The van der Waals surface area contributed by atoms with Crippen LogP contribution in [0.2, 0.25) is 0 Å². The summed E-state index contributed by atoms with van der Waals surface area (Å²) in [6.45, 7) is 4.61. The van der Waals surface area contributed by atoms with Gasteiger partial charge in [-0.2, -0.15) is 0 Å². The second-order valence-corrected chi connectivity index (χ2v) is 6.97. The first-order valence-electron chi connectivity index (χ1n) is 9.19. The zero-order chi connectivity index (χ0) is 18.6. The van der Waals surface area contributed by atoms with Gasteiger partial charge in [0.15, 0.2) is 0 Å². The van der Waals surface area contributed by atoms with Crippen LogP contribution >= 0.6 is 0 Å². The number of likely N-dealkylation sites (tertiary alicyclic amines) is 1. The maximum atomic E-state index is 12.2. The van der Waals surface area contributed by atoms with Crippen LogP contribution in [-0.2, 0) is 6.54 Å². The molecule has 1 saturated heterocycles. The summed E-state index contributed by atoms with van der Waals surface area (Å²) in [5, 5.41) is 0. The Bertz CT molecular complexity index is 954. The molecular weight excluding hydrogens is 340 g/mol. The van der Waals surface area contributed by atoms with Crippen molar-refractivity contribution in [1.29, 1.82) is 0 Å². The lowest BCUT2D eigenvalue weighted by atomic mass is 9.94. The Hall–Kier alpha value is -2.93. The molecule has 0 saturated carbocycles. The number of nitrogens with zero attached hydrogens (tertiary/aromatic N) is 5. The van der Waals surface area contributed by atoms with Gasteiger partial charge < -0.3 is 4.98 Å². The molecular formula is C20H22N6O. The van der Waals surface area contributed by atoms with E-state index in [4.69, 9.17) is 4.98 Å². The van der Waals surface area contributed by atoms with Crippen LogP contribution in [-0.4, -0.2) is 42.9 Å². The van der Waals surface area contributed by atoms with Crippen molar-refractivity contribution in [2.45, 2.75) is 32.2 Å².